The highest BCUT2D eigenvalue weighted by molar-refractivity contribution is 5.97. The van der Waals surface area contributed by atoms with Crippen LogP contribution in [0.25, 0.3) is 0 Å². The van der Waals surface area contributed by atoms with E-state index in [2.05, 4.69) is 53.5 Å². The Morgan fingerprint density at radius 3 is 2.24 bits per heavy atom. The zero-order valence-electron chi connectivity index (χ0n) is 16.3. The first-order valence-electron chi connectivity index (χ1n) is 10.3. The number of rotatable bonds is 4. The highest BCUT2D eigenvalue weighted by atomic mass is 16.5. The molecule has 29 heavy (non-hydrogen) atoms. The van der Waals surface area contributed by atoms with Gasteiger partial charge in [-0.3, -0.25) is 4.79 Å². The molecule has 4 heteroatoms. The molecule has 2 aliphatic heterocycles. The third-order valence-corrected chi connectivity index (χ3v) is 6.16. The average Bonchev–Trinajstić information content (AvgIpc) is 2.76. The molecule has 1 aromatic heterocycles. The van der Waals surface area contributed by atoms with Crippen molar-refractivity contribution in [3.63, 3.8) is 0 Å². The predicted octanol–water partition coefficient (Wildman–Crippen LogP) is 4.51. The number of hydrogen-bond acceptors (Lipinski definition) is 3. The summed E-state index contributed by atoms with van der Waals surface area (Å²) in [4.78, 5) is 19.6. The van der Waals surface area contributed by atoms with Crippen molar-refractivity contribution in [2.45, 2.75) is 31.9 Å². The van der Waals surface area contributed by atoms with Crippen LogP contribution in [0.1, 0.15) is 34.3 Å². The number of benzene rings is 2. The molecule has 1 saturated heterocycles. The molecule has 1 amide bonds. The second kappa shape index (κ2) is 7.36. The van der Waals surface area contributed by atoms with Crippen LogP contribution in [0.5, 0.6) is 5.88 Å². The van der Waals surface area contributed by atoms with Crippen molar-refractivity contribution in [3.8, 4) is 5.88 Å². The van der Waals surface area contributed by atoms with Crippen molar-refractivity contribution < 1.29 is 9.53 Å². The van der Waals surface area contributed by atoms with E-state index in [0.717, 1.165) is 32.2 Å². The Morgan fingerprint density at radius 2 is 1.59 bits per heavy atom. The minimum Gasteiger partial charge on any atom is -0.452 e. The maximum Gasteiger partial charge on any atom is 0.262 e. The van der Waals surface area contributed by atoms with Crippen LogP contribution in [0.2, 0.25) is 0 Å². The van der Waals surface area contributed by atoms with Crippen molar-refractivity contribution >= 4 is 5.91 Å². The van der Waals surface area contributed by atoms with Gasteiger partial charge < -0.3 is 9.64 Å². The van der Waals surface area contributed by atoms with E-state index in [4.69, 9.17) is 4.74 Å². The minimum absolute atomic E-state index is 0.0366. The quantitative estimate of drug-likeness (QED) is 0.665. The van der Waals surface area contributed by atoms with E-state index in [0.29, 0.717) is 11.4 Å². The Balaban J connectivity index is 1.58. The fourth-order valence-corrected chi connectivity index (χ4v) is 4.90. The van der Waals surface area contributed by atoms with E-state index in [9.17, 15) is 4.79 Å². The summed E-state index contributed by atoms with van der Waals surface area (Å²) in [6.45, 7) is 0.725. The van der Waals surface area contributed by atoms with Crippen LogP contribution >= 0.6 is 0 Å². The standard InChI is InChI=1S/C25H24N2O2/c28-23-21-13-7-15-26-22(21)29-24-25(14-8-16-27(23)24,17-19-9-3-1-4-10-19)18-20-11-5-2-6-12-20/h1-7,9-13,15,24H,8,14,16-18H2. The van der Waals surface area contributed by atoms with Gasteiger partial charge >= 0.3 is 0 Å². The summed E-state index contributed by atoms with van der Waals surface area (Å²) in [5.41, 5.74) is 2.91. The predicted molar refractivity (Wildman–Crippen MR) is 112 cm³/mol. The minimum atomic E-state index is -0.313. The summed E-state index contributed by atoms with van der Waals surface area (Å²) in [5, 5.41) is 0. The van der Waals surface area contributed by atoms with E-state index in [-0.39, 0.29) is 17.6 Å². The molecule has 0 saturated carbocycles. The van der Waals surface area contributed by atoms with E-state index < -0.39 is 0 Å². The second-order valence-electron chi connectivity index (χ2n) is 8.12. The van der Waals surface area contributed by atoms with Crippen LogP contribution in [0, 0.1) is 5.41 Å². The van der Waals surface area contributed by atoms with Gasteiger partial charge in [0.2, 0.25) is 5.88 Å². The van der Waals surface area contributed by atoms with Gasteiger partial charge in [-0.1, -0.05) is 60.7 Å². The number of piperidine rings is 1. The Labute approximate surface area is 171 Å². The molecule has 0 radical (unpaired) electrons. The zero-order valence-corrected chi connectivity index (χ0v) is 16.3. The Kier molecular flexibility index (Phi) is 4.55. The van der Waals surface area contributed by atoms with E-state index >= 15 is 0 Å². The maximum absolute atomic E-state index is 13.2. The Bertz CT molecular complexity index is 962. The average molecular weight is 384 g/mol. The number of ether oxygens (including phenoxy) is 1. The van der Waals surface area contributed by atoms with Crippen molar-refractivity contribution in [2.75, 3.05) is 6.54 Å². The molecule has 1 fully saturated rings. The van der Waals surface area contributed by atoms with Crippen LogP contribution in [0.15, 0.2) is 79.0 Å². The smallest absolute Gasteiger partial charge is 0.262 e. The van der Waals surface area contributed by atoms with Gasteiger partial charge in [-0.2, -0.15) is 0 Å². The molecular weight excluding hydrogens is 360 g/mol. The topological polar surface area (TPSA) is 42.4 Å². The lowest BCUT2D eigenvalue weighted by Crippen LogP contribution is -2.61. The normalized spacial score (nSPS) is 19.8. The summed E-state index contributed by atoms with van der Waals surface area (Å²) in [5.74, 6) is 0.501. The van der Waals surface area contributed by atoms with Crippen LogP contribution in [0.3, 0.4) is 0 Å². The van der Waals surface area contributed by atoms with Gasteiger partial charge in [0.15, 0.2) is 6.23 Å². The number of aromatic nitrogens is 1. The molecule has 3 aromatic rings. The number of fused-ring (bicyclic) bond motifs is 2. The van der Waals surface area contributed by atoms with Gasteiger partial charge in [-0.15, -0.1) is 0 Å². The molecule has 0 aliphatic carbocycles. The van der Waals surface area contributed by atoms with Crippen LogP contribution in [-0.2, 0) is 12.8 Å². The Hall–Kier alpha value is -3.14. The van der Waals surface area contributed by atoms with Crippen molar-refractivity contribution in [2.24, 2.45) is 5.41 Å². The van der Waals surface area contributed by atoms with Gasteiger partial charge in [0.05, 0.1) is 0 Å². The maximum atomic E-state index is 13.2. The van der Waals surface area contributed by atoms with Gasteiger partial charge in [-0.25, -0.2) is 4.98 Å². The lowest BCUT2D eigenvalue weighted by Gasteiger charge is -2.51. The van der Waals surface area contributed by atoms with E-state index in [1.165, 1.54) is 11.1 Å². The first kappa shape index (κ1) is 17.9. The molecule has 3 heterocycles. The molecule has 1 unspecified atom stereocenters. The molecule has 0 bridgehead atoms. The first-order valence-corrected chi connectivity index (χ1v) is 10.3. The Morgan fingerprint density at radius 1 is 0.931 bits per heavy atom. The highest BCUT2D eigenvalue weighted by Crippen LogP contribution is 2.45. The molecule has 146 valence electrons. The highest BCUT2D eigenvalue weighted by Gasteiger charge is 2.51. The van der Waals surface area contributed by atoms with Crippen LogP contribution in [0.4, 0.5) is 0 Å². The van der Waals surface area contributed by atoms with E-state index in [1.54, 1.807) is 12.3 Å². The number of pyridine rings is 1. The fourth-order valence-electron chi connectivity index (χ4n) is 4.90. The molecule has 0 spiro atoms. The van der Waals surface area contributed by atoms with Crippen LogP contribution < -0.4 is 4.74 Å². The molecule has 4 nitrogen and oxygen atoms in total. The molecule has 2 aromatic carbocycles. The number of carbonyl (C=O) groups is 1. The van der Waals surface area contributed by atoms with Gasteiger partial charge in [0, 0.05) is 18.2 Å². The summed E-state index contributed by atoms with van der Waals surface area (Å²) < 4.78 is 6.46. The van der Waals surface area contributed by atoms with Crippen molar-refractivity contribution in [1.82, 2.24) is 9.88 Å². The van der Waals surface area contributed by atoms with Crippen molar-refractivity contribution in [3.05, 3.63) is 95.7 Å². The summed E-state index contributed by atoms with van der Waals surface area (Å²) >= 11 is 0. The lowest BCUT2D eigenvalue weighted by atomic mass is 9.69. The fraction of sp³-hybridized carbons (Fsp3) is 0.280. The SMILES string of the molecule is O=C1c2cccnc2OC2N1CCCC2(Cc1ccccc1)Cc1ccccc1. The monoisotopic (exact) mass is 384 g/mol. The number of amides is 1. The number of hydrogen-bond donors (Lipinski definition) is 0. The van der Waals surface area contributed by atoms with Crippen LogP contribution in [-0.4, -0.2) is 28.6 Å². The lowest BCUT2D eigenvalue weighted by molar-refractivity contribution is -0.0964. The zero-order chi connectivity index (χ0) is 19.7. The second-order valence-corrected chi connectivity index (χ2v) is 8.12. The van der Waals surface area contributed by atoms with Crippen molar-refractivity contribution in [1.29, 1.82) is 0 Å². The van der Waals surface area contributed by atoms with Gasteiger partial charge in [0.25, 0.3) is 5.91 Å². The third-order valence-electron chi connectivity index (χ3n) is 6.16. The third kappa shape index (κ3) is 3.29. The number of nitrogens with zero attached hydrogens (tertiary/aromatic N) is 2. The first-order chi connectivity index (χ1) is 14.3. The molecule has 0 N–H and O–H groups in total. The number of carbonyl (C=O) groups excluding carboxylic acids is 1. The van der Waals surface area contributed by atoms with Gasteiger partial charge in [-0.05, 0) is 48.9 Å². The summed E-state index contributed by atoms with van der Waals surface area (Å²) in [7, 11) is 0. The van der Waals surface area contributed by atoms with E-state index in [1.807, 2.05) is 23.1 Å². The largest absolute Gasteiger partial charge is 0.452 e. The molecule has 5 rings (SSSR count). The summed E-state index contributed by atoms with van der Waals surface area (Å²) in [6, 6.07) is 24.7. The molecular formula is C25H24N2O2. The molecule has 1 atom stereocenters. The molecule has 2 aliphatic rings. The van der Waals surface area contributed by atoms with Gasteiger partial charge in [0.1, 0.15) is 5.56 Å². The summed E-state index contributed by atoms with van der Waals surface area (Å²) in [6.07, 6.45) is 5.08.